The highest BCUT2D eigenvalue weighted by atomic mass is 35.5. The van der Waals surface area contributed by atoms with E-state index in [0.717, 1.165) is 24.0 Å². The van der Waals surface area contributed by atoms with E-state index in [2.05, 4.69) is 19.9 Å². The van der Waals surface area contributed by atoms with E-state index in [1.165, 1.54) is 0 Å². The van der Waals surface area contributed by atoms with Crippen molar-refractivity contribution in [2.24, 2.45) is 5.92 Å². The molecule has 0 radical (unpaired) electrons. The fourth-order valence-corrected chi connectivity index (χ4v) is 2.99. The number of ether oxygens (including phenoxy) is 1. The van der Waals surface area contributed by atoms with Crippen molar-refractivity contribution < 1.29 is 14.6 Å². The molecule has 110 valence electrons. The number of rotatable bonds is 6. The SMILES string of the molecule is COc1c(Cl)cc(C(C)C)cc1C(CC(=O)O)C1CC1. The Hall–Kier alpha value is -1.22. The van der Waals surface area contributed by atoms with Crippen molar-refractivity contribution in [1.82, 2.24) is 0 Å². The maximum atomic E-state index is 11.1. The molecule has 20 heavy (non-hydrogen) atoms. The molecule has 1 saturated carbocycles. The molecule has 0 aliphatic heterocycles. The average Bonchev–Trinajstić information content (AvgIpc) is 3.18. The molecule has 1 unspecified atom stereocenters. The average molecular weight is 297 g/mol. The van der Waals surface area contributed by atoms with E-state index >= 15 is 0 Å². The fourth-order valence-electron chi connectivity index (χ4n) is 2.68. The van der Waals surface area contributed by atoms with Gasteiger partial charge in [0, 0.05) is 5.92 Å². The molecule has 0 heterocycles. The van der Waals surface area contributed by atoms with Crippen molar-refractivity contribution in [2.75, 3.05) is 7.11 Å². The zero-order valence-corrected chi connectivity index (χ0v) is 12.9. The lowest BCUT2D eigenvalue weighted by molar-refractivity contribution is -0.137. The summed E-state index contributed by atoms with van der Waals surface area (Å²) in [6.07, 6.45) is 2.31. The maximum absolute atomic E-state index is 11.1. The van der Waals surface area contributed by atoms with E-state index in [0.29, 0.717) is 22.6 Å². The Labute approximate surface area is 124 Å². The first-order valence-corrected chi connectivity index (χ1v) is 7.41. The monoisotopic (exact) mass is 296 g/mol. The highest BCUT2D eigenvalue weighted by Crippen LogP contribution is 2.49. The van der Waals surface area contributed by atoms with Gasteiger partial charge >= 0.3 is 5.97 Å². The summed E-state index contributed by atoms with van der Waals surface area (Å²) in [7, 11) is 1.59. The van der Waals surface area contributed by atoms with Crippen LogP contribution in [0.4, 0.5) is 0 Å². The minimum Gasteiger partial charge on any atom is -0.495 e. The molecule has 4 heteroatoms. The molecular weight excluding hydrogens is 276 g/mol. The molecule has 2 rings (SSSR count). The summed E-state index contributed by atoms with van der Waals surface area (Å²) < 4.78 is 5.43. The van der Waals surface area contributed by atoms with Crippen LogP contribution >= 0.6 is 11.6 Å². The van der Waals surface area contributed by atoms with Crippen LogP contribution in [0.15, 0.2) is 12.1 Å². The number of benzene rings is 1. The van der Waals surface area contributed by atoms with E-state index in [-0.39, 0.29) is 12.3 Å². The maximum Gasteiger partial charge on any atom is 0.303 e. The van der Waals surface area contributed by atoms with Gasteiger partial charge in [-0.05, 0) is 41.9 Å². The molecular formula is C16H21ClO3. The number of carboxylic acids is 1. The van der Waals surface area contributed by atoms with E-state index in [1.54, 1.807) is 7.11 Å². The summed E-state index contributed by atoms with van der Waals surface area (Å²) in [5.41, 5.74) is 2.08. The van der Waals surface area contributed by atoms with Crippen LogP contribution < -0.4 is 4.74 Å². The second kappa shape index (κ2) is 6.04. The summed E-state index contributed by atoms with van der Waals surface area (Å²) in [6, 6.07) is 3.99. The summed E-state index contributed by atoms with van der Waals surface area (Å²) >= 11 is 6.31. The van der Waals surface area contributed by atoms with Gasteiger partial charge in [-0.1, -0.05) is 31.5 Å². The van der Waals surface area contributed by atoms with Gasteiger partial charge in [0.25, 0.3) is 0 Å². The van der Waals surface area contributed by atoms with E-state index < -0.39 is 5.97 Å². The van der Waals surface area contributed by atoms with Gasteiger partial charge in [-0.15, -0.1) is 0 Å². The van der Waals surface area contributed by atoms with Gasteiger partial charge in [-0.25, -0.2) is 0 Å². The van der Waals surface area contributed by atoms with Gasteiger partial charge < -0.3 is 9.84 Å². The molecule has 3 nitrogen and oxygen atoms in total. The molecule has 0 bridgehead atoms. The van der Waals surface area contributed by atoms with Crippen molar-refractivity contribution >= 4 is 17.6 Å². The summed E-state index contributed by atoms with van der Waals surface area (Å²) in [4.78, 5) is 11.1. The van der Waals surface area contributed by atoms with Gasteiger partial charge in [-0.2, -0.15) is 0 Å². The minimum absolute atomic E-state index is 0.00125. The van der Waals surface area contributed by atoms with Gasteiger partial charge in [0.15, 0.2) is 0 Å². The van der Waals surface area contributed by atoms with Gasteiger partial charge in [0.2, 0.25) is 0 Å². The third-order valence-electron chi connectivity index (χ3n) is 3.95. The lowest BCUT2D eigenvalue weighted by Crippen LogP contribution is -2.11. The van der Waals surface area contributed by atoms with Crippen LogP contribution in [0.2, 0.25) is 5.02 Å². The Morgan fingerprint density at radius 3 is 2.55 bits per heavy atom. The smallest absolute Gasteiger partial charge is 0.303 e. The molecule has 0 aromatic heterocycles. The van der Waals surface area contributed by atoms with Crippen LogP contribution in [0.25, 0.3) is 0 Å². The molecule has 1 aromatic carbocycles. The molecule has 1 fully saturated rings. The van der Waals surface area contributed by atoms with Gasteiger partial charge in [-0.3, -0.25) is 4.79 Å². The van der Waals surface area contributed by atoms with Crippen LogP contribution in [0, 0.1) is 5.92 Å². The zero-order chi connectivity index (χ0) is 14.9. The molecule has 1 aliphatic carbocycles. The first-order valence-electron chi connectivity index (χ1n) is 7.03. The van der Waals surface area contributed by atoms with Crippen LogP contribution in [0.1, 0.15) is 56.1 Å². The van der Waals surface area contributed by atoms with Crippen molar-refractivity contribution in [2.45, 2.75) is 44.9 Å². The normalized spacial score (nSPS) is 16.2. The first-order chi connectivity index (χ1) is 9.43. The van der Waals surface area contributed by atoms with E-state index in [9.17, 15) is 4.79 Å². The lowest BCUT2D eigenvalue weighted by Gasteiger charge is -2.21. The fraction of sp³-hybridized carbons (Fsp3) is 0.562. The van der Waals surface area contributed by atoms with Crippen LogP contribution in [0.5, 0.6) is 5.75 Å². The van der Waals surface area contributed by atoms with Crippen molar-refractivity contribution in [1.29, 1.82) is 0 Å². The van der Waals surface area contributed by atoms with Gasteiger partial charge in [0.05, 0.1) is 18.6 Å². The van der Waals surface area contributed by atoms with E-state index in [4.69, 9.17) is 21.4 Å². The Morgan fingerprint density at radius 1 is 1.45 bits per heavy atom. The third-order valence-corrected chi connectivity index (χ3v) is 4.23. The van der Waals surface area contributed by atoms with E-state index in [1.807, 2.05) is 6.07 Å². The molecule has 1 atom stereocenters. The second-order valence-corrected chi connectivity index (χ2v) is 6.23. The minimum atomic E-state index is -0.768. The Balaban J connectivity index is 2.47. The number of methoxy groups -OCH3 is 1. The largest absolute Gasteiger partial charge is 0.495 e. The van der Waals surface area contributed by atoms with Crippen LogP contribution in [0.3, 0.4) is 0 Å². The molecule has 1 N–H and O–H groups in total. The molecule has 0 spiro atoms. The summed E-state index contributed by atoms with van der Waals surface area (Å²) in [6.45, 7) is 4.20. The highest BCUT2D eigenvalue weighted by Gasteiger charge is 2.36. The van der Waals surface area contributed by atoms with Crippen molar-refractivity contribution in [3.05, 3.63) is 28.3 Å². The molecule has 1 aliphatic rings. The highest BCUT2D eigenvalue weighted by molar-refractivity contribution is 6.32. The quantitative estimate of drug-likeness (QED) is 0.844. The predicted molar refractivity (Wildman–Crippen MR) is 79.8 cm³/mol. The Bertz CT molecular complexity index is 507. The molecule has 1 aromatic rings. The van der Waals surface area contributed by atoms with Gasteiger partial charge in [0.1, 0.15) is 5.75 Å². The van der Waals surface area contributed by atoms with Crippen LogP contribution in [-0.2, 0) is 4.79 Å². The first kappa shape index (κ1) is 15.2. The number of hydrogen-bond acceptors (Lipinski definition) is 2. The zero-order valence-electron chi connectivity index (χ0n) is 12.1. The number of halogens is 1. The van der Waals surface area contributed by atoms with Crippen LogP contribution in [-0.4, -0.2) is 18.2 Å². The molecule has 0 amide bonds. The Morgan fingerprint density at radius 2 is 2.10 bits per heavy atom. The third kappa shape index (κ3) is 3.26. The van der Waals surface area contributed by atoms with Crippen molar-refractivity contribution in [3.8, 4) is 5.75 Å². The number of carboxylic acid groups (broad SMARTS) is 1. The van der Waals surface area contributed by atoms with Crippen molar-refractivity contribution in [3.63, 3.8) is 0 Å². The Kier molecular flexibility index (Phi) is 4.59. The lowest BCUT2D eigenvalue weighted by atomic mass is 9.87. The topological polar surface area (TPSA) is 46.5 Å². The number of carbonyl (C=O) groups is 1. The standard InChI is InChI=1S/C16H21ClO3/c1-9(2)11-6-13(16(20-3)14(17)7-11)12(8-15(18)19)10-4-5-10/h6-7,9-10,12H,4-5,8H2,1-3H3,(H,18,19). The predicted octanol–water partition coefficient (Wildman–Crippen LogP) is 4.44. The summed E-state index contributed by atoms with van der Waals surface area (Å²) in [5, 5.41) is 9.73. The second-order valence-electron chi connectivity index (χ2n) is 5.82. The number of aliphatic carboxylic acids is 1. The number of hydrogen-bond donors (Lipinski definition) is 1. The summed E-state index contributed by atoms with van der Waals surface area (Å²) in [5.74, 6) is 0.656. The molecule has 0 saturated heterocycles.